The maximum Gasteiger partial charge on any atom is 0.191 e. The summed E-state index contributed by atoms with van der Waals surface area (Å²) in [6, 6.07) is 6.77. The lowest BCUT2D eigenvalue weighted by Crippen LogP contribution is -2.45. The quantitative estimate of drug-likeness (QED) is 0.336. The number of aliphatic imine (C=N–C) groups is 1. The van der Waals surface area contributed by atoms with Gasteiger partial charge in [0.2, 0.25) is 0 Å². The number of guanidine groups is 1. The van der Waals surface area contributed by atoms with Gasteiger partial charge in [0.15, 0.2) is 5.96 Å². The molecule has 0 aliphatic carbocycles. The maximum absolute atomic E-state index is 5.74. The first-order chi connectivity index (χ1) is 11.5. The Balaban J connectivity index is 0.00000576. The van der Waals surface area contributed by atoms with Crippen molar-refractivity contribution in [2.24, 2.45) is 4.99 Å². The predicted octanol–water partition coefficient (Wildman–Crippen LogP) is 3.41. The van der Waals surface area contributed by atoms with Crippen LogP contribution >= 0.6 is 24.0 Å². The third kappa shape index (κ3) is 8.27. The molecule has 0 aliphatic rings. The fourth-order valence-corrected chi connectivity index (χ4v) is 2.72. The molecule has 0 aliphatic heterocycles. The van der Waals surface area contributed by atoms with E-state index in [4.69, 9.17) is 4.74 Å². The number of hydrogen-bond acceptors (Lipinski definition) is 3. The smallest absolute Gasteiger partial charge is 0.191 e. The molecule has 5 nitrogen and oxygen atoms in total. The van der Waals surface area contributed by atoms with Gasteiger partial charge in [0.05, 0.1) is 6.61 Å². The molecule has 2 N–H and O–H groups in total. The van der Waals surface area contributed by atoms with Crippen molar-refractivity contribution in [1.29, 1.82) is 0 Å². The predicted molar refractivity (Wildman–Crippen MR) is 118 cm³/mol. The molecule has 6 heteroatoms. The van der Waals surface area contributed by atoms with Crippen molar-refractivity contribution in [3.05, 3.63) is 29.3 Å². The Morgan fingerprint density at radius 1 is 1.20 bits per heavy atom. The van der Waals surface area contributed by atoms with Crippen LogP contribution in [0.2, 0.25) is 0 Å². The SMILES string of the molecule is CCOc1cc(C)ccc1CNC(=NC)NCC(C)N(CC)CC.I. The number of nitrogens with zero attached hydrogens (tertiary/aromatic N) is 2. The van der Waals surface area contributed by atoms with E-state index in [1.165, 1.54) is 5.56 Å². The molecule has 1 aromatic rings. The van der Waals surface area contributed by atoms with E-state index in [1.807, 2.05) is 6.92 Å². The zero-order chi connectivity index (χ0) is 17.9. The highest BCUT2D eigenvalue weighted by Crippen LogP contribution is 2.20. The van der Waals surface area contributed by atoms with Crippen molar-refractivity contribution in [2.45, 2.75) is 47.2 Å². The third-order valence-electron chi connectivity index (χ3n) is 4.19. The molecule has 1 aromatic carbocycles. The van der Waals surface area contributed by atoms with E-state index >= 15 is 0 Å². The van der Waals surface area contributed by atoms with E-state index in [1.54, 1.807) is 7.05 Å². The van der Waals surface area contributed by atoms with Crippen molar-refractivity contribution < 1.29 is 4.74 Å². The zero-order valence-corrected chi connectivity index (χ0v) is 18.9. The number of likely N-dealkylation sites (N-methyl/N-ethyl adjacent to an activating group) is 1. The van der Waals surface area contributed by atoms with Crippen LogP contribution in [0, 0.1) is 6.92 Å². The number of rotatable bonds is 9. The maximum atomic E-state index is 5.74. The van der Waals surface area contributed by atoms with Gasteiger partial charge in [-0.3, -0.25) is 9.89 Å². The summed E-state index contributed by atoms with van der Waals surface area (Å²) < 4.78 is 5.74. The molecular weight excluding hydrogens is 427 g/mol. The van der Waals surface area contributed by atoms with Gasteiger partial charge in [-0.15, -0.1) is 24.0 Å². The minimum absolute atomic E-state index is 0. The number of hydrogen-bond donors (Lipinski definition) is 2. The second-order valence-electron chi connectivity index (χ2n) is 5.92. The lowest BCUT2D eigenvalue weighted by atomic mass is 10.1. The van der Waals surface area contributed by atoms with Crippen LogP contribution in [-0.4, -0.2) is 50.2 Å². The number of ether oxygens (including phenoxy) is 1. The number of nitrogens with one attached hydrogen (secondary N) is 2. The van der Waals surface area contributed by atoms with Gasteiger partial charge in [0, 0.05) is 31.7 Å². The molecule has 1 atom stereocenters. The molecule has 1 rings (SSSR count). The zero-order valence-electron chi connectivity index (χ0n) is 16.6. The van der Waals surface area contributed by atoms with Gasteiger partial charge in [-0.1, -0.05) is 26.0 Å². The molecular formula is C19H35IN4O. The highest BCUT2D eigenvalue weighted by Gasteiger charge is 2.11. The minimum Gasteiger partial charge on any atom is -0.494 e. The molecule has 1 unspecified atom stereocenters. The van der Waals surface area contributed by atoms with Crippen LogP contribution in [0.4, 0.5) is 0 Å². The second kappa shape index (κ2) is 13.2. The minimum atomic E-state index is 0. The van der Waals surface area contributed by atoms with Crippen molar-refractivity contribution in [1.82, 2.24) is 15.5 Å². The number of aryl methyl sites for hydroxylation is 1. The van der Waals surface area contributed by atoms with E-state index < -0.39 is 0 Å². The van der Waals surface area contributed by atoms with E-state index in [9.17, 15) is 0 Å². The summed E-state index contributed by atoms with van der Waals surface area (Å²) in [7, 11) is 1.80. The van der Waals surface area contributed by atoms with E-state index in [0.717, 1.165) is 36.9 Å². The monoisotopic (exact) mass is 462 g/mol. The van der Waals surface area contributed by atoms with Crippen LogP contribution < -0.4 is 15.4 Å². The molecule has 0 bridgehead atoms. The van der Waals surface area contributed by atoms with Crippen LogP contribution in [0.1, 0.15) is 38.8 Å². The molecule has 0 saturated heterocycles. The standard InChI is InChI=1S/C19H34N4O.HI/c1-7-23(8-2)16(5)13-21-19(20-6)22-14-17-11-10-15(4)12-18(17)24-9-3;/h10-12,16H,7-9,13-14H2,1-6H3,(H2,20,21,22);1H. The third-order valence-corrected chi connectivity index (χ3v) is 4.19. The van der Waals surface area contributed by atoms with Crippen LogP contribution in [0.5, 0.6) is 5.75 Å². The van der Waals surface area contributed by atoms with Crippen molar-refractivity contribution in [3.63, 3.8) is 0 Å². The Hall–Kier alpha value is -1.02. The molecule has 0 saturated carbocycles. The van der Waals surface area contributed by atoms with Gasteiger partial charge in [0.25, 0.3) is 0 Å². The molecule has 0 radical (unpaired) electrons. The summed E-state index contributed by atoms with van der Waals surface area (Å²) in [4.78, 5) is 6.74. The summed E-state index contributed by atoms with van der Waals surface area (Å²) in [6.45, 7) is 15.1. The Kier molecular flexibility index (Phi) is 12.7. The van der Waals surface area contributed by atoms with Gasteiger partial charge < -0.3 is 15.4 Å². The molecule has 0 fully saturated rings. The highest BCUT2D eigenvalue weighted by atomic mass is 127. The molecule has 0 spiro atoms. The van der Waals surface area contributed by atoms with E-state index in [-0.39, 0.29) is 24.0 Å². The van der Waals surface area contributed by atoms with Crippen LogP contribution in [0.15, 0.2) is 23.2 Å². The average Bonchev–Trinajstić information content (AvgIpc) is 2.58. The summed E-state index contributed by atoms with van der Waals surface area (Å²) in [6.07, 6.45) is 0. The van der Waals surface area contributed by atoms with Gasteiger partial charge >= 0.3 is 0 Å². The summed E-state index contributed by atoms with van der Waals surface area (Å²) in [5.41, 5.74) is 2.35. The van der Waals surface area contributed by atoms with Crippen LogP contribution in [0.3, 0.4) is 0 Å². The summed E-state index contributed by atoms with van der Waals surface area (Å²) in [5, 5.41) is 6.78. The van der Waals surface area contributed by atoms with E-state index in [2.05, 4.69) is 66.4 Å². The Morgan fingerprint density at radius 2 is 1.88 bits per heavy atom. The molecule has 0 aromatic heterocycles. The Morgan fingerprint density at radius 3 is 2.44 bits per heavy atom. The average molecular weight is 462 g/mol. The fourth-order valence-electron chi connectivity index (χ4n) is 2.72. The molecule has 25 heavy (non-hydrogen) atoms. The molecule has 0 heterocycles. The lowest BCUT2D eigenvalue weighted by molar-refractivity contribution is 0.231. The molecule has 0 amide bonds. The van der Waals surface area contributed by atoms with Gasteiger partial charge in [-0.2, -0.15) is 0 Å². The first-order valence-electron chi connectivity index (χ1n) is 8.96. The van der Waals surface area contributed by atoms with Crippen molar-refractivity contribution in [2.75, 3.05) is 33.3 Å². The highest BCUT2D eigenvalue weighted by molar-refractivity contribution is 14.0. The van der Waals surface area contributed by atoms with Crippen LogP contribution in [0.25, 0.3) is 0 Å². The first-order valence-corrected chi connectivity index (χ1v) is 8.96. The topological polar surface area (TPSA) is 48.9 Å². The molecule has 144 valence electrons. The Labute approximate surface area is 170 Å². The Bertz CT molecular complexity index is 518. The summed E-state index contributed by atoms with van der Waals surface area (Å²) >= 11 is 0. The van der Waals surface area contributed by atoms with Gasteiger partial charge in [0.1, 0.15) is 5.75 Å². The van der Waals surface area contributed by atoms with Gasteiger partial charge in [-0.25, -0.2) is 0 Å². The van der Waals surface area contributed by atoms with Gasteiger partial charge in [-0.05, 0) is 45.5 Å². The fraction of sp³-hybridized carbons (Fsp3) is 0.632. The number of benzene rings is 1. The number of halogens is 1. The van der Waals surface area contributed by atoms with Crippen molar-refractivity contribution in [3.8, 4) is 5.75 Å². The first kappa shape index (κ1) is 24.0. The van der Waals surface area contributed by atoms with Crippen molar-refractivity contribution >= 4 is 29.9 Å². The second-order valence-corrected chi connectivity index (χ2v) is 5.92. The van der Waals surface area contributed by atoms with E-state index in [0.29, 0.717) is 19.2 Å². The normalized spacial score (nSPS) is 12.5. The largest absolute Gasteiger partial charge is 0.494 e. The van der Waals surface area contributed by atoms with Crippen LogP contribution in [-0.2, 0) is 6.54 Å². The summed E-state index contributed by atoms with van der Waals surface area (Å²) in [5.74, 6) is 1.76. The lowest BCUT2D eigenvalue weighted by Gasteiger charge is -2.27.